The Hall–Kier alpha value is -3.66. The topological polar surface area (TPSA) is 90.7 Å². The van der Waals surface area contributed by atoms with E-state index >= 15 is 0 Å². The molecule has 2 aromatic rings. The van der Waals surface area contributed by atoms with Gasteiger partial charge in [0, 0.05) is 32.1 Å². The van der Waals surface area contributed by atoms with Gasteiger partial charge in [-0.25, -0.2) is 4.79 Å². The highest BCUT2D eigenvalue weighted by Crippen LogP contribution is 2.48. The van der Waals surface area contributed by atoms with E-state index in [9.17, 15) is 19.6 Å². The Morgan fingerprint density at radius 1 is 1.16 bits per heavy atom. The second-order valence-corrected chi connectivity index (χ2v) is 12.1. The van der Waals surface area contributed by atoms with Crippen LogP contribution in [0.1, 0.15) is 67.9 Å². The summed E-state index contributed by atoms with van der Waals surface area (Å²) in [6.07, 6.45) is 2.40. The molecule has 2 aromatic carbocycles. The minimum Gasteiger partial charge on any atom is -0.444 e. The minimum atomic E-state index is -0.838. The molecule has 2 aliphatic heterocycles. The van der Waals surface area contributed by atoms with Gasteiger partial charge in [0.1, 0.15) is 11.1 Å². The van der Waals surface area contributed by atoms with Crippen LogP contribution in [0.2, 0.25) is 0 Å². The lowest BCUT2D eigenvalue weighted by molar-refractivity contribution is -0.130. The van der Waals surface area contributed by atoms with Gasteiger partial charge in [-0.2, -0.15) is 5.26 Å². The number of Topliss-reactive ketones (excluding diaryl/α,β-unsaturated/α-hetero) is 1. The van der Waals surface area contributed by atoms with Crippen LogP contribution in [0.5, 0.6) is 0 Å². The summed E-state index contributed by atoms with van der Waals surface area (Å²) in [4.78, 5) is 42.1. The van der Waals surface area contributed by atoms with Crippen LogP contribution in [0.15, 0.2) is 42.5 Å². The molecule has 0 N–H and O–H groups in total. The fourth-order valence-electron chi connectivity index (χ4n) is 6.27. The summed E-state index contributed by atoms with van der Waals surface area (Å²) in [6, 6.07) is 16.3. The molecule has 38 heavy (non-hydrogen) atoms. The van der Waals surface area contributed by atoms with Crippen LogP contribution in [0.4, 0.5) is 4.79 Å². The van der Waals surface area contributed by atoms with Crippen LogP contribution in [0.3, 0.4) is 0 Å². The van der Waals surface area contributed by atoms with Crippen molar-refractivity contribution in [3.05, 3.63) is 59.2 Å². The van der Waals surface area contributed by atoms with Crippen molar-refractivity contribution in [1.82, 2.24) is 9.80 Å². The van der Waals surface area contributed by atoms with Crippen LogP contribution in [-0.4, -0.2) is 52.3 Å². The van der Waals surface area contributed by atoms with Crippen LogP contribution in [0, 0.1) is 23.2 Å². The average Bonchev–Trinajstić information content (AvgIpc) is 3.55. The molecule has 2 fully saturated rings. The van der Waals surface area contributed by atoms with E-state index in [1.807, 2.05) is 57.2 Å². The molecule has 1 saturated carbocycles. The number of rotatable bonds is 6. The highest BCUT2D eigenvalue weighted by Gasteiger charge is 2.57. The number of carbonyl (C=O) groups excluding carboxylic acids is 3. The van der Waals surface area contributed by atoms with Crippen LogP contribution >= 0.6 is 0 Å². The van der Waals surface area contributed by atoms with E-state index in [0.717, 1.165) is 34.2 Å². The van der Waals surface area contributed by atoms with Crippen LogP contribution in [-0.2, 0) is 22.5 Å². The second-order valence-electron chi connectivity index (χ2n) is 12.1. The Labute approximate surface area is 224 Å². The van der Waals surface area contributed by atoms with E-state index in [1.165, 1.54) is 0 Å². The number of ether oxygens (including phenoxy) is 1. The number of nitriles is 1. The lowest BCUT2D eigenvalue weighted by atomic mass is 9.84. The van der Waals surface area contributed by atoms with Gasteiger partial charge in [-0.1, -0.05) is 30.3 Å². The predicted molar refractivity (Wildman–Crippen MR) is 143 cm³/mol. The molecular weight excluding hydrogens is 478 g/mol. The summed E-state index contributed by atoms with van der Waals surface area (Å²) in [5.74, 6) is -0.121. The average molecular weight is 514 g/mol. The van der Waals surface area contributed by atoms with Gasteiger partial charge in [-0.15, -0.1) is 0 Å². The van der Waals surface area contributed by atoms with Gasteiger partial charge in [-0.05, 0) is 86.8 Å². The second kappa shape index (κ2) is 9.58. The summed E-state index contributed by atoms with van der Waals surface area (Å²) in [6.45, 7) is 6.65. The Balaban J connectivity index is 1.26. The quantitative estimate of drug-likeness (QED) is 0.518. The first-order chi connectivity index (χ1) is 18.0. The molecule has 7 nitrogen and oxygen atoms in total. The lowest BCUT2D eigenvalue weighted by Crippen LogP contribution is -2.54. The molecule has 0 unspecified atom stereocenters. The van der Waals surface area contributed by atoms with E-state index < -0.39 is 23.2 Å². The third-order valence-electron chi connectivity index (χ3n) is 8.16. The number of hydrogen-bond donors (Lipinski definition) is 0. The maximum Gasteiger partial charge on any atom is 0.411 e. The lowest BCUT2D eigenvalue weighted by Gasteiger charge is -2.38. The van der Waals surface area contributed by atoms with Crippen molar-refractivity contribution in [2.45, 2.75) is 70.6 Å². The monoisotopic (exact) mass is 513 g/mol. The maximum absolute atomic E-state index is 13.6. The number of hydrogen-bond acceptors (Lipinski definition) is 5. The molecule has 2 heterocycles. The number of amides is 2. The van der Waals surface area contributed by atoms with Crippen molar-refractivity contribution in [3.8, 4) is 17.2 Å². The van der Waals surface area contributed by atoms with Crippen molar-refractivity contribution >= 4 is 17.8 Å². The zero-order valence-corrected chi connectivity index (χ0v) is 22.6. The number of carbonyl (C=O) groups is 3. The minimum absolute atomic E-state index is 0.0239. The number of likely N-dealkylation sites (tertiary alicyclic amines) is 1. The molecule has 3 atom stereocenters. The standard InChI is InChI=1S/C31H35N3O4/c1-30(2,3)38-29(37)34-18-21-11-12-31(34,16-21)27(35)14-22(17-32)13-20-5-7-23(8-6-20)24-9-10-26-25(15-24)19-33(4)28(26)36/h5-10,15,21-22H,11-14,16,18-19H2,1-4H3/t21-,22-,31-/m1/s1. The zero-order chi connectivity index (χ0) is 27.2. The number of nitrogens with zero attached hydrogens (tertiary/aromatic N) is 3. The summed E-state index contributed by atoms with van der Waals surface area (Å²) < 4.78 is 5.61. The highest BCUT2D eigenvalue weighted by molar-refractivity contribution is 5.98. The molecule has 1 aliphatic carbocycles. The summed E-state index contributed by atoms with van der Waals surface area (Å²) in [5.41, 5.74) is 3.40. The Morgan fingerprint density at radius 2 is 1.87 bits per heavy atom. The van der Waals surface area contributed by atoms with Gasteiger partial charge >= 0.3 is 6.09 Å². The normalized spacial score (nSPS) is 22.8. The predicted octanol–water partition coefficient (Wildman–Crippen LogP) is 5.37. The van der Waals surface area contributed by atoms with Gasteiger partial charge in [0.2, 0.25) is 0 Å². The van der Waals surface area contributed by atoms with Crippen LogP contribution < -0.4 is 0 Å². The molecule has 0 spiro atoms. The van der Waals surface area contributed by atoms with E-state index in [1.54, 1.807) is 16.8 Å². The molecule has 3 aliphatic rings. The molecule has 5 rings (SSSR count). The van der Waals surface area contributed by atoms with Crippen molar-refractivity contribution in [2.24, 2.45) is 11.8 Å². The summed E-state index contributed by atoms with van der Waals surface area (Å²) in [5, 5.41) is 9.90. The molecule has 2 amide bonds. The van der Waals surface area contributed by atoms with Gasteiger partial charge in [0.25, 0.3) is 5.91 Å². The van der Waals surface area contributed by atoms with E-state index in [-0.39, 0.29) is 18.1 Å². The van der Waals surface area contributed by atoms with Gasteiger partial charge in [0.05, 0.1) is 12.0 Å². The maximum atomic E-state index is 13.6. The van der Waals surface area contributed by atoms with Gasteiger partial charge in [-0.3, -0.25) is 14.5 Å². The first kappa shape index (κ1) is 26.0. The fourth-order valence-corrected chi connectivity index (χ4v) is 6.27. The Morgan fingerprint density at radius 3 is 2.53 bits per heavy atom. The van der Waals surface area contributed by atoms with Crippen molar-refractivity contribution in [2.75, 3.05) is 13.6 Å². The number of benzene rings is 2. The Bertz CT molecular complexity index is 1320. The van der Waals surface area contributed by atoms with E-state index in [2.05, 4.69) is 12.1 Å². The molecule has 0 radical (unpaired) electrons. The zero-order valence-electron chi connectivity index (χ0n) is 22.6. The van der Waals surface area contributed by atoms with Crippen molar-refractivity contribution in [3.63, 3.8) is 0 Å². The number of piperidine rings is 1. The summed E-state index contributed by atoms with van der Waals surface area (Å²) in [7, 11) is 1.81. The summed E-state index contributed by atoms with van der Waals surface area (Å²) >= 11 is 0. The first-order valence-corrected chi connectivity index (χ1v) is 13.4. The molecule has 2 bridgehead atoms. The van der Waals surface area contributed by atoms with E-state index in [0.29, 0.717) is 38.3 Å². The van der Waals surface area contributed by atoms with E-state index in [4.69, 9.17) is 4.74 Å². The number of ketones is 1. The first-order valence-electron chi connectivity index (χ1n) is 13.4. The molecular formula is C31H35N3O4. The smallest absolute Gasteiger partial charge is 0.411 e. The largest absolute Gasteiger partial charge is 0.444 e. The third kappa shape index (κ3) is 4.80. The number of fused-ring (bicyclic) bond motifs is 3. The third-order valence-corrected chi connectivity index (χ3v) is 8.16. The van der Waals surface area contributed by atoms with Crippen LogP contribution in [0.25, 0.3) is 11.1 Å². The van der Waals surface area contributed by atoms with Gasteiger partial charge < -0.3 is 9.64 Å². The van der Waals surface area contributed by atoms with Gasteiger partial charge in [0.15, 0.2) is 5.78 Å². The molecule has 7 heteroatoms. The Kier molecular flexibility index (Phi) is 6.54. The molecule has 1 saturated heterocycles. The fraction of sp³-hybridized carbons (Fsp3) is 0.484. The van der Waals surface area contributed by atoms with Crippen molar-refractivity contribution < 1.29 is 19.1 Å². The van der Waals surface area contributed by atoms with Crippen molar-refractivity contribution in [1.29, 1.82) is 5.26 Å². The molecule has 198 valence electrons. The SMILES string of the molecule is CN1Cc2cc(-c3ccc(C[C@@H](C#N)CC(=O)[C@]45CC[C@@H](CN4C(=O)OC(C)(C)C)C5)cc3)ccc2C1=O. The molecule has 0 aromatic heterocycles. The highest BCUT2D eigenvalue weighted by atomic mass is 16.6.